The van der Waals surface area contributed by atoms with E-state index in [2.05, 4.69) is 25.3 Å². The van der Waals surface area contributed by atoms with Gasteiger partial charge in [0, 0.05) is 16.8 Å². The van der Waals surface area contributed by atoms with Gasteiger partial charge in [0.1, 0.15) is 18.9 Å². The summed E-state index contributed by atoms with van der Waals surface area (Å²) in [5, 5.41) is 21.1. The highest BCUT2D eigenvalue weighted by Gasteiger charge is 2.14. The maximum absolute atomic E-state index is 12.2. The Labute approximate surface area is 185 Å². The number of esters is 1. The fourth-order valence-electron chi connectivity index (χ4n) is 2.91. The summed E-state index contributed by atoms with van der Waals surface area (Å²) in [5.74, 6) is -0.195. The Hall–Kier alpha value is -4.87. The number of anilines is 1. The van der Waals surface area contributed by atoms with E-state index >= 15 is 0 Å². The van der Waals surface area contributed by atoms with Crippen LogP contribution < -0.4 is 5.32 Å². The molecule has 0 saturated carbocycles. The highest BCUT2D eigenvalue weighted by atomic mass is 16.6. The Morgan fingerprint density at radius 2 is 1.82 bits per heavy atom. The molecular weight excluding hydrogens is 432 g/mol. The van der Waals surface area contributed by atoms with Crippen molar-refractivity contribution in [2.45, 2.75) is 6.54 Å². The monoisotopic (exact) mass is 448 g/mol. The minimum absolute atomic E-state index is 0.168. The van der Waals surface area contributed by atoms with Gasteiger partial charge in [0.2, 0.25) is 11.7 Å². The van der Waals surface area contributed by atoms with Gasteiger partial charge in [0.25, 0.3) is 5.89 Å². The summed E-state index contributed by atoms with van der Waals surface area (Å²) in [6.45, 7) is -0.168. The molecule has 4 rings (SSSR count). The summed E-state index contributed by atoms with van der Waals surface area (Å²) in [7, 11) is 1.31. The average molecular weight is 448 g/mol. The van der Waals surface area contributed by atoms with Crippen LogP contribution in [0.1, 0.15) is 10.4 Å². The van der Waals surface area contributed by atoms with E-state index in [-0.39, 0.29) is 18.1 Å². The van der Waals surface area contributed by atoms with Gasteiger partial charge in [-0.3, -0.25) is 19.6 Å². The van der Waals surface area contributed by atoms with Gasteiger partial charge in [0.15, 0.2) is 0 Å². The Bertz CT molecular complexity index is 1310. The summed E-state index contributed by atoms with van der Waals surface area (Å²) in [5.41, 5.74) is 2.05. The lowest BCUT2D eigenvalue weighted by molar-refractivity contribution is -0.385. The largest absolute Gasteiger partial charge is 0.465 e. The van der Waals surface area contributed by atoms with Crippen molar-refractivity contribution in [3.8, 4) is 22.8 Å². The Morgan fingerprint density at radius 3 is 2.45 bits per heavy atom. The van der Waals surface area contributed by atoms with Crippen molar-refractivity contribution in [2.24, 2.45) is 0 Å². The van der Waals surface area contributed by atoms with Crippen LogP contribution >= 0.6 is 0 Å². The third-order valence-corrected chi connectivity index (χ3v) is 4.54. The van der Waals surface area contributed by atoms with E-state index in [1.165, 1.54) is 18.0 Å². The van der Waals surface area contributed by atoms with Gasteiger partial charge in [-0.1, -0.05) is 5.16 Å². The zero-order chi connectivity index (χ0) is 23.4. The molecule has 0 bridgehead atoms. The number of hydrogen-bond donors (Lipinski definition) is 1. The maximum Gasteiger partial charge on any atom is 0.337 e. The van der Waals surface area contributed by atoms with Gasteiger partial charge in [-0.25, -0.2) is 4.79 Å². The molecule has 0 radical (unpaired) electrons. The van der Waals surface area contributed by atoms with Gasteiger partial charge in [-0.15, -0.1) is 0 Å². The number of benzene rings is 2. The van der Waals surface area contributed by atoms with E-state index in [0.717, 1.165) is 6.20 Å². The molecule has 0 spiro atoms. The lowest BCUT2D eigenvalue weighted by atomic mass is 10.1. The van der Waals surface area contributed by atoms with Crippen molar-refractivity contribution in [1.82, 2.24) is 19.9 Å². The number of ether oxygens (including phenoxy) is 1. The molecule has 33 heavy (non-hydrogen) atoms. The van der Waals surface area contributed by atoms with Crippen LogP contribution in [0.3, 0.4) is 0 Å². The summed E-state index contributed by atoms with van der Waals surface area (Å²) < 4.78 is 11.2. The Balaban J connectivity index is 1.40. The van der Waals surface area contributed by atoms with Crippen LogP contribution in [0.15, 0.2) is 65.4 Å². The highest BCUT2D eigenvalue weighted by molar-refractivity contribution is 5.91. The molecule has 2 heterocycles. The number of rotatable bonds is 7. The van der Waals surface area contributed by atoms with Crippen LogP contribution in [0.4, 0.5) is 11.4 Å². The molecule has 12 nitrogen and oxygen atoms in total. The van der Waals surface area contributed by atoms with Crippen LogP contribution in [0.25, 0.3) is 22.8 Å². The smallest absolute Gasteiger partial charge is 0.337 e. The van der Waals surface area contributed by atoms with Crippen molar-refractivity contribution in [2.75, 3.05) is 12.4 Å². The minimum Gasteiger partial charge on any atom is -0.465 e. The molecule has 166 valence electrons. The Kier molecular flexibility index (Phi) is 5.89. The molecule has 1 N–H and O–H groups in total. The second-order valence-electron chi connectivity index (χ2n) is 6.77. The third-order valence-electron chi connectivity index (χ3n) is 4.54. The van der Waals surface area contributed by atoms with Gasteiger partial charge < -0.3 is 14.6 Å². The van der Waals surface area contributed by atoms with Crippen molar-refractivity contribution < 1.29 is 23.8 Å². The molecule has 1 amide bonds. The molecule has 0 aliphatic heterocycles. The molecule has 4 aromatic rings. The standard InChI is InChI=1S/C21H16N6O6/c1-32-21(29)15-4-2-14(3-5-15)20-24-19(25-33-20)13-6-8-16(9-7-13)23-18(28)12-26-11-17(10-22-26)27(30)31/h2-11H,12H2,1H3,(H,23,28). The predicted molar refractivity (Wildman–Crippen MR) is 114 cm³/mol. The van der Waals surface area contributed by atoms with E-state index in [9.17, 15) is 19.7 Å². The van der Waals surface area contributed by atoms with Gasteiger partial charge in [-0.2, -0.15) is 10.1 Å². The van der Waals surface area contributed by atoms with Crippen LogP contribution in [0, 0.1) is 10.1 Å². The third kappa shape index (κ3) is 4.90. The summed E-state index contributed by atoms with van der Waals surface area (Å²) in [6, 6.07) is 13.3. The lowest BCUT2D eigenvalue weighted by Gasteiger charge is -2.05. The lowest BCUT2D eigenvalue weighted by Crippen LogP contribution is -2.18. The molecule has 0 unspecified atom stereocenters. The van der Waals surface area contributed by atoms with Gasteiger partial charge in [0.05, 0.1) is 17.6 Å². The Morgan fingerprint density at radius 1 is 1.12 bits per heavy atom. The first kappa shape index (κ1) is 21.4. The zero-order valence-corrected chi connectivity index (χ0v) is 17.2. The molecule has 0 atom stereocenters. The van der Waals surface area contributed by atoms with E-state index in [0.29, 0.717) is 28.2 Å². The van der Waals surface area contributed by atoms with E-state index < -0.39 is 16.8 Å². The minimum atomic E-state index is -0.582. The fraction of sp³-hybridized carbons (Fsp3) is 0.0952. The quantitative estimate of drug-likeness (QED) is 0.255. The van der Waals surface area contributed by atoms with E-state index in [1.807, 2.05) is 0 Å². The number of nitrogens with one attached hydrogen (secondary N) is 1. The zero-order valence-electron chi connectivity index (χ0n) is 17.2. The van der Waals surface area contributed by atoms with Crippen molar-refractivity contribution in [3.05, 3.63) is 76.6 Å². The second-order valence-corrected chi connectivity index (χ2v) is 6.77. The molecule has 0 aliphatic rings. The summed E-state index contributed by atoms with van der Waals surface area (Å²) in [4.78, 5) is 38.2. The van der Waals surface area contributed by atoms with Gasteiger partial charge >= 0.3 is 11.7 Å². The van der Waals surface area contributed by atoms with Crippen molar-refractivity contribution in [1.29, 1.82) is 0 Å². The fourth-order valence-corrected chi connectivity index (χ4v) is 2.91. The average Bonchev–Trinajstić information content (AvgIpc) is 3.49. The highest BCUT2D eigenvalue weighted by Crippen LogP contribution is 2.24. The first-order valence-electron chi connectivity index (χ1n) is 9.52. The van der Waals surface area contributed by atoms with Crippen LogP contribution in [-0.4, -0.2) is 43.8 Å². The van der Waals surface area contributed by atoms with E-state index in [4.69, 9.17) is 4.52 Å². The number of amides is 1. The summed E-state index contributed by atoms with van der Waals surface area (Å²) >= 11 is 0. The number of carbonyl (C=O) groups is 2. The van der Waals surface area contributed by atoms with Gasteiger partial charge in [-0.05, 0) is 48.5 Å². The number of aromatic nitrogens is 4. The van der Waals surface area contributed by atoms with Crippen LogP contribution in [0.2, 0.25) is 0 Å². The first-order chi connectivity index (χ1) is 15.9. The topological polar surface area (TPSA) is 155 Å². The molecule has 0 fully saturated rings. The number of nitrogens with zero attached hydrogens (tertiary/aromatic N) is 5. The number of hydrogen-bond acceptors (Lipinski definition) is 9. The van der Waals surface area contributed by atoms with Crippen LogP contribution in [-0.2, 0) is 16.1 Å². The molecule has 12 heteroatoms. The molecular formula is C21H16N6O6. The van der Waals surface area contributed by atoms with Crippen molar-refractivity contribution in [3.63, 3.8) is 0 Å². The summed E-state index contributed by atoms with van der Waals surface area (Å²) in [6.07, 6.45) is 2.26. The number of methoxy groups -OCH3 is 1. The molecule has 2 aromatic heterocycles. The molecule has 2 aromatic carbocycles. The number of nitro groups is 1. The second kappa shape index (κ2) is 9.09. The first-order valence-corrected chi connectivity index (χ1v) is 9.52. The van der Waals surface area contributed by atoms with Crippen molar-refractivity contribution >= 4 is 23.3 Å². The maximum atomic E-state index is 12.2. The molecule has 0 aliphatic carbocycles. The molecule has 0 saturated heterocycles. The van der Waals surface area contributed by atoms with Crippen LogP contribution in [0.5, 0.6) is 0 Å². The number of carbonyl (C=O) groups excluding carboxylic acids is 2. The predicted octanol–water partition coefficient (Wildman–Crippen LogP) is 2.93. The van der Waals surface area contributed by atoms with E-state index in [1.54, 1.807) is 48.5 Å². The normalized spacial score (nSPS) is 10.6. The SMILES string of the molecule is COC(=O)c1ccc(-c2nc(-c3ccc(NC(=O)Cn4cc([N+](=O)[O-])cn4)cc3)no2)cc1.